The number of hydrogen-bond acceptors (Lipinski definition) is 4. The lowest BCUT2D eigenvalue weighted by atomic mass is 9.61. The van der Waals surface area contributed by atoms with Crippen LogP contribution in [0.3, 0.4) is 0 Å². The highest BCUT2D eigenvalue weighted by molar-refractivity contribution is 6.69. The molecule has 0 spiro atoms. The van der Waals surface area contributed by atoms with Gasteiger partial charge in [-0.25, -0.2) is 4.79 Å². The lowest BCUT2D eigenvalue weighted by Gasteiger charge is -2.48. The Labute approximate surface area is 201 Å². The zero-order valence-electron chi connectivity index (χ0n) is 21.6. The summed E-state index contributed by atoms with van der Waals surface area (Å²) in [6, 6.07) is 9.76. The van der Waals surface area contributed by atoms with Crippen LogP contribution in [-0.4, -0.2) is 26.0 Å². The molecule has 33 heavy (non-hydrogen) atoms. The van der Waals surface area contributed by atoms with Crippen LogP contribution in [0.15, 0.2) is 30.3 Å². The van der Waals surface area contributed by atoms with Crippen LogP contribution in [0.1, 0.15) is 84.0 Å². The van der Waals surface area contributed by atoms with E-state index in [0.29, 0.717) is 29.8 Å². The lowest BCUT2D eigenvalue weighted by Crippen LogP contribution is -2.46. The molecule has 4 rings (SSSR count). The van der Waals surface area contributed by atoms with Crippen molar-refractivity contribution in [3.8, 4) is 0 Å². The molecule has 0 radical (unpaired) electrons. The van der Waals surface area contributed by atoms with Gasteiger partial charge < -0.3 is 13.9 Å². The van der Waals surface area contributed by atoms with Crippen molar-refractivity contribution in [1.82, 2.24) is 0 Å². The maximum absolute atomic E-state index is 12.6. The molecule has 184 valence electrons. The fraction of sp³-hybridized carbons (Fsp3) is 0.750. The van der Waals surface area contributed by atoms with Gasteiger partial charge in [0.1, 0.15) is 0 Å². The Morgan fingerprint density at radius 3 is 2.55 bits per heavy atom. The predicted molar refractivity (Wildman–Crippen MR) is 134 cm³/mol. The maximum Gasteiger partial charge on any atom is 0.340 e. The molecule has 5 heteroatoms. The average molecular weight is 473 g/mol. The van der Waals surface area contributed by atoms with Crippen LogP contribution in [-0.2, 0) is 18.7 Å². The largest absolute Gasteiger partial charge is 0.429 e. The zero-order chi connectivity index (χ0) is 23.9. The molecule has 2 aliphatic carbocycles. The highest BCUT2D eigenvalue weighted by atomic mass is 28.4. The van der Waals surface area contributed by atoms with Crippen LogP contribution in [0.5, 0.6) is 0 Å². The molecule has 2 saturated carbocycles. The van der Waals surface area contributed by atoms with Crippen LogP contribution in [0.2, 0.25) is 19.6 Å². The first-order chi connectivity index (χ1) is 15.5. The molecule has 3 fully saturated rings. The molecular formula is C28H44O4Si. The number of rotatable bonds is 8. The van der Waals surface area contributed by atoms with E-state index < -0.39 is 20.2 Å². The molecule has 2 unspecified atom stereocenters. The summed E-state index contributed by atoms with van der Waals surface area (Å²) in [7, 11) is -1.53. The first-order valence-corrected chi connectivity index (χ1v) is 16.5. The van der Waals surface area contributed by atoms with E-state index in [9.17, 15) is 4.79 Å². The van der Waals surface area contributed by atoms with Gasteiger partial charge in [0.05, 0.1) is 0 Å². The molecule has 0 aromatic heterocycles. The second kappa shape index (κ2) is 9.47. The van der Waals surface area contributed by atoms with Crippen LogP contribution in [0.25, 0.3) is 0 Å². The highest BCUT2D eigenvalue weighted by Gasteiger charge is 2.53. The fourth-order valence-corrected chi connectivity index (χ4v) is 8.28. The third-order valence-electron chi connectivity index (χ3n) is 8.73. The molecule has 1 aromatic carbocycles. The van der Waals surface area contributed by atoms with E-state index in [1.54, 1.807) is 0 Å². The van der Waals surface area contributed by atoms with E-state index in [4.69, 9.17) is 13.9 Å². The summed E-state index contributed by atoms with van der Waals surface area (Å²) in [5, 5.41) is 0. The number of hydrogen-bond donors (Lipinski definition) is 0. The molecule has 4 nitrogen and oxygen atoms in total. The first-order valence-electron chi connectivity index (χ1n) is 13.1. The monoisotopic (exact) mass is 472 g/mol. The summed E-state index contributed by atoms with van der Waals surface area (Å²) in [6.45, 7) is 13.9. The molecule has 1 aliphatic heterocycles. The summed E-state index contributed by atoms with van der Waals surface area (Å²) in [6.07, 6.45) is 9.22. The fourth-order valence-electron chi connectivity index (χ4n) is 7.09. The van der Waals surface area contributed by atoms with Crippen LogP contribution in [0, 0.1) is 23.2 Å². The second-order valence-electron chi connectivity index (χ2n) is 12.3. The van der Waals surface area contributed by atoms with Crippen molar-refractivity contribution in [3.05, 3.63) is 35.9 Å². The third-order valence-corrected chi connectivity index (χ3v) is 9.74. The smallest absolute Gasteiger partial charge is 0.340 e. The minimum Gasteiger partial charge on any atom is -0.429 e. The van der Waals surface area contributed by atoms with Gasteiger partial charge in [0.25, 0.3) is 0 Å². The predicted octanol–water partition coefficient (Wildman–Crippen LogP) is 7.26. The summed E-state index contributed by atoms with van der Waals surface area (Å²) in [4.78, 5) is 12.6. The van der Waals surface area contributed by atoms with Crippen molar-refractivity contribution < 1.29 is 18.7 Å². The van der Waals surface area contributed by atoms with Gasteiger partial charge in [-0.15, -0.1) is 0 Å². The molecule has 1 heterocycles. The number of esters is 1. The van der Waals surface area contributed by atoms with E-state index in [-0.39, 0.29) is 5.97 Å². The second-order valence-corrected chi connectivity index (χ2v) is 16.8. The van der Waals surface area contributed by atoms with E-state index in [0.717, 1.165) is 24.3 Å². The van der Waals surface area contributed by atoms with Gasteiger partial charge in [-0.05, 0) is 88.3 Å². The molecule has 3 aliphatic rings. The summed E-state index contributed by atoms with van der Waals surface area (Å²) < 4.78 is 18.4. The molecule has 1 saturated heterocycles. The molecule has 1 aromatic rings. The molecular weight excluding hydrogens is 428 g/mol. The van der Waals surface area contributed by atoms with Crippen molar-refractivity contribution in [2.24, 2.45) is 23.2 Å². The molecule has 0 bridgehead atoms. The van der Waals surface area contributed by atoms with Crippen LogP contribution >= 0.6 is 0 Å². The number of benzene rings is 1. The summed E-state index contributed by atoms with van der Waals surface area (Å²) in [5.41, 5.74) is 0.455. The van der Waals surface area contributed by atoms with Crippen molar-refractivity contribution in [3.63, 3.8) is 0 Å². The van der Waals surface area contributed by atoms with Gasteiger partial charge in [-0.1, -0.05) is 57.0 Å². The average Bonchev–Trinajstić information content (AvgIpc) is 3.25. The Bertz CT molecular complexity index is 821. The summed E-state index contributed by atoms with van der Waals surface area (Å²) >= 11 is 0. The first kappa shape index (κ1) is 24.9. The minimum absolute atomic E-state index is 0.226. The van der Waals surface area contributed by atoms with Gasteiger partial charge in [0.15, 0.2) is 13.9 Å². The van der Waals surface area contributed by atoms with Crippen molar-refractivity contribution in [2.75, 3.05) is 0 Å². The quantitative estimate of drug-likeness (QED) is 0.295. The normalized spacial score (nSPS) is 37.6. The van der Waals surface area contributed by atoms with Crippen LogP contribution in [0.4, 0.5) is 0 Å². The van der Waals surface area contributed by atoms with Crippen LogP contribution < -0.4 is 0 Å². The van der Waals surface area contributed by atoms with Gasteiger partial charge in [-0.2, -0.15) is 0 Å². The highest BCUT2D eigenvalue weighted by Crippen LogP contribution is 2.59. The van der Waals surface area contributed by atoms with Gasteiger partial charge >= 0.3 is 5.97 Å². The van der Waals surface area contributed by atoms with Crippen molar-refractivity contribution in [2.45, 2.75) is 110 Å². The SMILES string of the molecule is C[C@H](CCC[C@@]1(C)O[C@H](c2ccccc2)OC1=O)[C@H]1CCC2C(O[Si](C)(C)C)CCC[C@@]21C. The van der Waals surface area contributed by atoms with Gasteiger partial charge in [0.2, 0.25) is 6.29 Å². The van der Waals surface area contributed by atoms with E-state index in [2.05, 4.69) is 33.5 Å². The Balaban J connectivity index is 1.33. The maximum atomic E-state index is 12.6. The third kappa shape index (κ3) is 5.25. The standard InChI is InChI=1S/C28H44O4Si/c1-20(22-16-17-23-24(32-33(4,5)6)15-11-18-27(22,23)2)12-10-19-28(3)26(29)30-25(31-28)21-13-8-7-9-14-21/h7-9,13-14,20,22-25H,10-12,15-19H2,1-6H3/t20-,22-,23?,24?,25-,27-,28-/m1/s1. The van der Waals surface area contributed by atoms with E-state index in [1.807, 2.05) is 37.3 Å². The Morgan fingerprint density at radius 2 is 1.85 bits per heavy atom. The Morgan fingerprint density at radius 1 is 1.12 bits per heavy atom. The summed E-state index contributed by atoms with van der Waals surface area (Å²) in [5.74, 6) is 1.88. The topological polar surface area (TPSA) is 44.8 Å². The van der Waals surface area contributed by atoms with Gasteiger partial charge in [-0.3, -0.25) is 0 Å². The molecule has 0 amide bonds. The van der Waals surface area contributed by atoms with E-state index in [1.165, 1.54) is 32.1 Å². The number of carbonyl (C=O) groups excluding carboxylic acids is 1. The lowest BCUT2D eigenvalue weighted by molar-refractivity contribution is -0.145. The Hall–Kier alpha value is -1.17. The molecule has 7 atom stereocenters. The number of ether oxygens (including phenoxy) is 2. The number of fused-ring (bicyclic) bond motifs is 1. The minimum atomic E-state index is -1.53. The number of carbonyl (C=O) groups is 1. The van der Waals surface area contributed by atoms with E-state index >= 15 is 0 Å². The van der Waals surface area contributed by atoms with Gasteiger partial charge in [0, 0.05) is 11.7 Å². The Kier molecular flexibility index (Phi) is 7.15. The molecule has 0 N–H and O–H groups in total. The van der Waals surface area contributed by atoms with Crippen molar-refractivity contribution >= 4 is 14.3 Å². The van der Waals surface area contributed by atoms with Crippen molar-refractivity contribution in [1.29, 1.82) is 0 Å². The zero-order valence-corrected chi connectivity index (χ0v) is 22.6. The number of cyclic esters (lactones) is 1.